The van der Waals surface area contributed by atoms with Crippen LogP contribution in [-0.2, 0) is 11.2 Å². The van der Waals surface area contributed by atoms with Crippen LogP contribution in [0.15, 0.2) is 24.3 Å². The molecule has 3 atom stereocenters. The summed E-state index contributed by atoms with van der Waals surface area (Å²) in [5, 5.41) is 0.233. The van der Waals surface area contributed by atoms with Crippen LogP contribution in [0.25, 0.3) is 0 Å². The van der Waals surface area contributed by atoms with Crippen LogP contribution in [0.2, 0.25) is 0 Å². The molecule has 0 amide bonds. The zero-order valence-electron chi connectivity index (χ0n) is 10.9. The molecule has 1 aromatic carbocycles. The van der Waals surface area contributed by atoms with E-state index < -0.39 is 0 Å². The van der Waals surface area contributed by atoms with Crippen molar-refractivity contribution in [1.29, 1.82) is 0 Å². The van der Waals surface area contributed by atoms with Gasteiger partial charge in [0, 0.05) is 7.11 Å². The highest BCUT2D eigenvalue weighted by Crippen LogP contribution is 2.63. The van der Waals surface area contributed by atoms with E-state index in [4.69, 9.17) is 16.3 Å². The first-order valence-electron chi connectivity index (χ1n) is 7.03. The van der Waals surface area contributed by atoms with E-state index in [-0.39, 0.29) is 5.38 Å². The van der Waals surface area contributed by atoms with Crippen molar-refractivity contribution in [2.75, 3.05) is 13.7 Å². The van der Waals surface area contributed by atoms with Gasteiger partial charge in [-0.3, -0.25) is 0 Å². The molecule has 1 aromatic rings. The molecule has 2 heteroatoms. The second kappa shape index (κ2) is 5.22. The van der Waals surface area contributed by atoms with Gasteiger partial charge in [-0.1, -0.05) is 30.7 Å². The van der Waals surface area contributed by atoms with E-state index in [1.54, 1.807) is 7.11 Å². The Labute approximate surface area is 114 Å². The topological polar surface area (TPSA) is 9.23 Å². The van der Waals surface area contributed by atoms with Crippen molar-refractivity contribution in [3.8, 4) is 0 Å². The second-order valence-corrected chi connectivity index (χ2v) is 6.19. The number of hydrogen-bond donors (Lipinski definition) is 0. The van der Waals surface area contributed by atoms with E-state index in [0.717, 1.165) is 30.8 Å². The third-order valence-electron chi connectivity index (χ3n) is 4.70. The molecule has 2 aliphatic rings. The molecule has 0 saturated heterocycles. The molecule has 0 heterocycles. The maximum absolute atomic E-state index is 6.64. The van der Waals surface area contributed by atoms with Gasteiger partial charge in [0.2, 0.25) is 0 Å². The summed E-state index contributed by atoms with van der Waals surface area (Å²) < 4.78 is 5.10. The first-order chi connectivity index (χ1) is 8.81. The van der Waals surface area contributed by atoms with Gasteiger partial charge in [0.05, 0.1) is 12.0 Å². The van der Waals surface area contributed by atoms with Crippen molar-refractivity contribution in [2.45, 2.75) is 31.1 Å². The van der Waals surface area contributed by atoms with Gasteiger partial charge in [-0.05, 0) is 48.1 Å². The Morgan fingerprint density at radius 2 is 1.89 bits per heavy atom. The number of hydrogen-bond acceptors (Lipinski definition) is 1. The van der Waals surface area contributed by atoms with Gasteiger partial charge in [-0.15, -0.1) is 11.6 Å². The van der Waals surface area contributed by atoms with Crippen LogP contribution in [-0.4, -0.2) is 13.7 Å². The van der Waals surface area contributed by atoms with E-state index in [2.05, 4.69) is 24.3 Å². The Kier molecular flexibility index (Phi) is 3.63. The van der Waals surface area contributed by atoms with E-state index >= 15 is 0 Å². The first kappa shape index (κ1) is 12.5. The third kappa shape index (κ3) is 2.31. The van der Waals surface area contributed by atoms with Crippen LogP contribution in [0.4, 0.5) is 0 Å². The lowest BCUT2D eigenvalue weighted by atomic mass is 10.0. The Bertz CT molecular complexity index is 390. The lowest BCUT2D eigenvalue weighted by Gasteiger charge is -2.12. The Hall–Kier alpha value is -0.530. The van der Waals surface area contributed by atoms with Crippen LogP contribution in [0.1, 0.15) is 35.8 Å². The summed E-state index contributed by atoms with van der Waals surface area (Å²) in [6.45, 7) is 0.788. The maximum atomic E-state index is 6.64. The average molecular weight is 265 g/mol. The average Bonchev–Trinajstić information content (AvgIpc) is 2.88. The van der Waals surface area contributed by atoms with Crippen molar-refractivity contribution >= 4 is 11.6 Å². The van der Waals surface area contributed by atoms with Crippen molar-refractivity contribution in [1.82, 2.24) is 0 Å². The minimum absolute atomic E-state index is 0.233. The highest BCUT2D eigenvalue weighted by molar-refractivity contribution is 6.21. The molecule has 0 spiro atoms. The fourth-order valence-electron chi connectivity index (χ4n) is 3.62. The molecule has 3 unspecified atom stereocenters. The van der Waals surface area contributed by atoms with Gasteiger partial charge in [0.1, 0.15) is 0 Å². The number of halogens is 1. The number of benzene rings is 1. The minimum Gasteiger partial charge on any atom is -0.384 e. The van der Waals surface area contributed by atoms with E-state index in [9.17, 15) is 0 Å². The summed E-state index contributed by atoms with van der Waals surface area (Å²) in [4.78, 5) is 0. The van der Waals surface area contributed by atoms with Crippen LogP contribution >= 0.6 is 11.6 Å². The largest absolute Gasteiger partial charge is 0.384 e. The minimum atomic E-state index is 0.233. The highest BCUT2D eigenvalue weighted by atomic mass is 35.5. The van der Waals surface area contributed by atoms with Crippen LogP contribution < -0.4 is 0 Å². The molecule has 2 fully saturated rings. The molecular formula is C16H21ClO. The quantitative estimate of drug-likeness (QED) is 0.724. The van der Waals surface area contributed by atoms with Gasteiger partial charge >= 0.3 is 0 Å². The Balaban J connectivity index is 1.62. The number of ether oxygens (including phenoxy) is 1. The number of fused-ring (bicyclic) bond motifs is 1. The predicted octanol–water partition coefficient (Wildman–Crippen LogP) is 4.20. The lowest BCUT2D eigenvalue weighted by Crippen LogP contribution is -2.00. The van der Waals surface area contributed by atoms with E-state index in [1.165, 1.54) is 30.4 Å². The fraction of sp³-hybridized carbons (Fsp3) is 0.625. The SMILES string of the molecule is COCCc1ccc(C(Cl)C2C3CCCC32)cc1. The lowest BCUT2D eigenvalue weighted by molar-refractivity contribution is 0.202. The Morgan fingerprint density at radius 1 is 1.22 bits per heavy atom. The van der Waals surface area contributed by atoms with Crippen LogP contribution in [0.5, 0.6) is 0 Å². The zero-order valence-corrected chi connectivity index (χ0v) is 11.7. The Morgan fingerprint density at radius 3 is 2.50 bits per heavy atom. The molecule has 0 bridgehead atoms. The molecule has 0 N–H and O–H groups in total. The van der Waals surface area contributed by atoms with Crippen LogP contribution in [0.3, 0.4) is 0 Å². The van der Waals surface area contributed by atoms with Crippen molar-refractivity contribution < 1.29 is 4.74 Å². The molecule has 0 aliphatic heterocycles. The monoisotopic (exact) mass is 264 g/mol. The molecular weight excluding hydrogens is 244 g/mol. The normalized spacial score (nSPS) is 31.1. The fourth-order valence-corrected chi connectivity index (χ4v) is 4.14. The van der Waals surface area contributed by atoms with Gasteiger partial charge in [0.25, 0.3) is 0 Å². The van der Waals surface area contributed by atoms with Gasteiger partial charge in [-0.2, -0.15) is 0 Å². The van der Waals surface area contributed by atoms with Crippen molar-refractivity contribution in [3.05, 3.63) is 35.4 Å². The van der Waals surface area contributed by atoms with E-state index in [0.29, 0.717) is 0 Å². The van der Waals surface area contributed by atoms with Gasteiger partial charge in [0.15, 0.2) is 0 Å². The molecule has 0 radical (unpaired) electrons. The predicted molar refractivity (Wildman–Crippen MR) is 74.9 cm³/mol. The molecule has 18 heavy (non-hydrogen) atoms. The summed E-state index contributed by atoms with van der Waals surface area (Å²) in [7, 11) is 1.75. The summed E-state index contributed by atoms with van der Waals surface area (Å²) in [6, 6.07) is 8.80. The molecule has 3 rings (SSSR count). The first-order valence-corrected chi connectivity index (χ1v) is 7.47. The zero-order chi connectivity index (χ0) is 12.5. The molecule has 1 nitrogen and oxygen atoms in total. The van der Waals surface area contributed by atoms with Gasteiger partial charge in [-0.25, -0.2) is 0 Å². The number of alkyl halides is 1. The maximum Gasteiger partial charge on any atom is 0.0618 e. The summed E-state index contributed by atoms with van der Waals surface area (Å²) in [5.41, 5.74) is 2.64. The van der Waals surface area contributed by atoms with Gasteiger partial charge < -0.3 is 4.74 Å². The number of rotatable bonds is 5. The second-order valence-electron chi connectivity index (χ2n) is 5.72. The highest BCUT2D eigenvalue weighted by Gasteiger charge is 2.55. The third-order valence-corrected chi connectivity index (χ3v) is 5.25. The van der Waals surface area contributed by atoms with Crippen molar-refractivity contribution in [3.63, 3.8) is 0 Å². The standard InChI is InChI=1S/C16H21ClO/c1-18-10-9-11-5-7-12(8-6-11)16(17)15-13-3-2-4-14(13)15/h5-8,13-16H,2-4,9-10H2,1H3. The van der Waals surface area contributed by atoms with Crippen molar-refractivity contribution in [2.24, 2.45) is 17.8 Å². The molecule has 2 saturated carbocycles. The summed E-state index contributed by atoms with van der Waals surface area (Å²) in [5.74, 6) is 2.62. The number of methoxy groups -OCH3 is 1. The van der Waals surface area contributed by atoms with E-state index in [1.807, 2.05) is 0 Å². The smallest absolute Gasteiger partial charge is 0.0618 e. The summed E-state index contributed by atoms with van der Waals surface area (Å²) >= 11 is 6.64. The van der Waals surface area contributed by atoms with Crippen LogP contribution in [0, 0.1) is 17.8 Å². The molecule has 2 aliphatic carbocycles. The molecule has 0 aromatic heterocycles. The molecule has 98 valence electrons. The summed E-state index contributed by atoms with van der Waals surface area (Å²) in [6.07, 6.45) is 5.22.